The molecule has 0 aliphatic heterocycles. The molecule has 1 amide bonds. The minimum absolute atomic E-state index is 0.0151. The molecule has 4 nitrogen and oxygen atoms in total. The number of carbonyl (C=O) groups is 2. The van der Waals surface area contributed by atoms with Gasteiger partial charge in [-0.2, -0.15) is 0 Å². The highest BCUT2D eigenvalue weighted by molar-refractivity contribution is 5.95. The lowest BCUT2D eigenvalue weighted by Gasteiger charge is -2.29. The lowest BCUT2D eigenvalue weighted by Crippen LogP contribution is -2.41. The number of aromatic nitrogens is 1. The summed E-state index contributed by atoms with van der Waals surface area (Å²) in [5, 5.41) is 3.20. The average molecular weight is 338 g/mol. The number of rotatable bonds is 4. The second-order valence-electron chi connectivity index (χ2n) is 7.17. The van der Waals surface area contributed by atoms with E-state index in [4.69, 9.17) is 0 Å². The van der Waals surface area contributed by atoms with Crippen molar-refractivity contribution in [1.82, 2.24) is 9.88 Å². The number of aldehydes is 1. The molecule has 2 unspecified atom stereocenters. The zero-order valence-corrected chi connectivity index (χ0v) is 15.2. The van der Waals surface area contributed by atoms with E-state index in [1.807, 2.05) is 48.7 Å². The fourth-order valence-electron chi connectivity index (χ4n) is 3.87. The van der Waals surface area contributed by atoms with E-state index in [0.29, 0.717) is 17.0 Å². The van der Waals surface area contributed by atoms with Crippen LogP contribution in [0.1, 0.15) is 64.7 Å². The van der Waals surface area contributed by atoms with Crippen LogP contribution in [0.3, 0.4) is 0 Å². The van der Waals surface area contributed by atoms with Gasteiger partial charge in [-0.3, -0.25) is 9.59 Å². The third kappa shape index (κ3) is 3.53. The lowest BCUT2D eigenvalue weighted by molar-refractivity contribution is 0.0910. The van der Waals surface area contributed by atoms with Gasteiger partial charge in [-0.25, -0.2) is 0 Å². The normalized spacial score (nSPS) is 20.3. The maximum absolute atomic E-state index is 12.7. The molecule has 1 aromatic carbocycles. The van der Waals surface area contributed by atoms with Gasteiger partial charge >= 0.3 is 0 Å². The first-order valence-corrected chi connectivity index (χ1v) is 9.06. The van der Waals surface area contributed by atoms with Crippen molar-refractivity contribution in [1.29, 1.82) is 0 Å². The Bertz CT molecular complexity index is 791. The van der Waals surface area contributed by atoms with E-state index in [0.717, 1.165) is 29.8 Å². The fraction of sp³-hybridized carbons (Fsp3) is 0.429. The Morgan fingerprint density at radius 3 is 2.64 bits per heavy atom. The van der Waals surface area contributed by atoms with Crippen LogP contribution >= 0.6 is 0 Å². The van der Waals surface area contributed by atoms with Crippen LogP contribution in [0.4, 0.5) is 0 Å². The number of nitrogens with zero attached hydrogens (tertiary/aromatic N) is 1. The second-order valence-corrected chi connectivity index (χ2v) is 7.17. The molecule has 4 heteroatoms. The molecule has 132 valence electrons. The van der Waals surface area contributed by atoms with Crippen LogP contribution in [-0.4, -0.2) is 22.8 Å². The summed E-state index contributed by atoms with van der Waals surface area (Å²) in [7, 11) is 0. The summed E-state index contributed by atoms with van der Waals surface area (Å²) >= 11 is 0. The van der Waals surface area contributed by atoms with E-state index in [1.165, 1.54) is 19.3 Å². The lowest BCUT2D eigenvalue weighted by atomic mass is 9.86. The molecule has 1 N–H and O–H groups in total. The molecule has 25 heavy (non-hydrogen) atoms. The van der Waals surface area contributed by atoms with Crippen LogP contribution in [0.15, 0.2) is 30.3 Å². The Labute approximate surface area is 149 Å². The number of carbonyl (C=O) groups excluding carboxylic acids is 2. The number of nitrogens with one attached hydrogen (secondary N) is 1. The van der Waals surface area contributed by atoms with Gasteiger partial charge in [0.15, 0.2) is 6.29 Å². The molecular formula is C21H26N2O2. The maximum Gasteiger partial charge on any atom is 0.251 e. The summed E-state index contributed by atoms with van der Waals surface area (Å²) in [6.45, 7) is 6.11. The highest BCUT2D eigenvalue weighted by atomic mass is 16.1. The smallest absolute Gasteiger partial charge is 0.251 e. The van der Waals surface area contributed by atoms with Gasteiger partial charge in [0.25, 0.3) is 5.91 Å². The standard InChI is InChI=1S/C21H26N2O2/c1-14-7-4-5-10-20(14)22-21(25)17-8-6-9-19(12-17)23-15(2)11-18(13-24)16(23)3/h6,8-9,11-14,20H,4-5,7,10H2,1-3H3,(H,22,25). The predicted molar refractivity (Wildman–Crippen MR) is 99.5 cm³/mol. The zero-order valence-electron chi connectivity index (χ0n) is 15.2. The second kappa shape index (κ2) is 7.26. The Hall–Kier alpha value is -2.36. The Morgan fingerprint density at radius 1 is 1.20 bits per heavy atom. The fourth-order valence-corrected chi connectivity index (χ4v) is 3.87. The van der Waals surface area contributed by atoms with Crippen molar-refractivity contribution < 1.29 is 9.59 Å². The molecule has 0 bridgehead atoms. The highest BCUT2D eigenvalue weighted by Gasteiger charge is 2.23. The van der Waals surface area contributed by atoms with Gasteiger partial charge in [-0.05, 0) is 56.9 Å². The van der Waals surface area contributed by atoms with Gasteiger partial charge in [0.2, 0.25) is 0 Å². The van der Waals surface area contributed by atoms with Crippen LogP contribution in [0.25, 0.3) is 5.69 Å². The van der Waals surface area contributed by atoms with Crippen LogP contribution in [0.5, 0.6) is 0 Å². The molecule has 1 saturated carbocycles. The first-order chi connectivity index (χ1) is 12.0. The van der Waals surface area contributed by atoms with Crippen LogP contribution < -0.4 is 5.32 Å². The van der Waals surface area contributed by atoms with Gasteiger partial charge in [-0.15, -0.1) is 0 Å². The number of amides is 1. The van der Waals surface area contributed by atoms with E-state index < -0.39 is 0 Å². The van der Waals surface area contributed by atoms with Crippen molar-refractivity contribution in [3.8, 4) is 5.69 Å². The quantitative estimate of drug-likeness (QED) is 0.849. The topological polar surface area (TPSA) is 51.1 Å². The largest absolute Gasteiger partial charge is 0.349 e. The van der Waals surface area contributed by atoms with Gasteiger partial charge in [-0.1, -0.05) is 25.8 Å². The molecule has 0 spiro atoms. The molecular weight excluding hydrogens is 312 g/mol. The Morgan fingerprint density at radius 2 is 1.96 bits per heavy atom. The number of hydrogen-bond donors (Lipinski definition) is 1. The number of aryl methyl sites for hydroxylation is 1. The summed E-state index contributed by atoms with van der Waals surface area (Å²) in [5.41, 5.74) is 4.13. The van der Waals surface area contributed by atoms with Gasteiger partial charge in [0.1, 0.15) is 0 Å². The minimum Gasteiger partial charge on any atom is -0.349 e. The predicted octanol–water partition coefficient (Wildman–Crippen LogP) is 4.22. The van der Waals surface area contributed by atoms with E-state index in [2.05, 4.69) is 12.2 Å². The molecule has 1 aromatic heterocycles. The third-order valence-electron chi connectivity index (χ3n) is 5.39. The molecule has 1 fully saturated rings. The zero-order chi connectivity index (χ0) is 18.0. The monoisotopic (exact) mass is 338 g/mol. The first-order valence-electron chi connectivity index (χ1n) is 9.06. The van der Waals surface area contributed by atoms with Crippen LogP contribution in [-0.2, 0) is 0 Å². The van der Waals surface area contributed by atoms with Crippen molar-refractivity contribution in [2.45, 2.75) is 52.5 Å². The summed E-state index contributed by atoms with van der Waals surface area (Å²) in [6, 6.07) is 9.75. The van der Waals surface area contributed by atoms with E-state index in [9.17, 15) is 9.59 Å². The number of benzene rings is 1. The van der Waals surface area contributed by atoms with Crippen LogP contribution in [0, 0.1) is 19.8 Å². The summed E-state index contributed by atoms with van der Waals surface area (Å²) in [6.07, 6.45) is 5.56. The maximum atomic E-state index is 12.7. The molecule has 0 radical (unpaired) electrons. The van der Waals surface area contributed by atoms with Crippen molar-refractivity contribution in [3.63, 3.8) is 0 Å². The highest BCUT2D eigenvalue weighted by Crippen LogP contribution is 2.25. The molecule has 0 saturated heterocycles. The molecule has 3 rings (SSSR count). The molecule has 2 aromatic rings. The summed E-state index contributed by atoms with van der Waals surface area (Å²) < 4.78 is 2.02. The van der Waals surface area contributed by atoms with E-state index >= 15 is 0 Å². The Balaban J connectivity index is 1.85. The van der Waals surface area contributed by atoms with E-state index in [-0.39, 0.29) is 11.9 Å². The van der Waals surface area contributed by atoms with Crippen molar-refractivity contribution in [3.05, 3.63) is 52.8 Å². The first kappa shape index (κ1) is 17.5. The van der Waals surface area contributed by atoms with Crippen molar-refractivity contribution in [2.24, 2.45) is 5.92 Å². The van der Waals surface area contributed by atoms with Crippen molar-refractivity contribution in [2.75, 3.05) is 0 Å². The van der Waals surface area contributed by atoms with Crippen LogP contribution in [0.2, 0.25) is 0 Å². The van der Waals surface area contributed by atoms with Gasteiger partial charge in [0, 0.05) is 34.2 Å². The molecule has 1 aliphatic carbocycles. The Kier molecular flexibility index (Phi) is 5.07. The van der Waals surface area contributed by atoms with Crippen molar-refractivity contribution >= 4 is 12.2 Å². The SMILES string of the molecule is Cc1cc(C=O)c(C)n1-c1cccc(C(=O)NC2CCCCC2C)c1. The third-order valence-corrected chi connectivity index (χ3v) is 5.39. The summed E-state index contributed by atoms with van der Waals surface area (Å²) in [5.74, 6) is 0.517. The van der Waals surface area contributed by atoms with Gasteiger partial charge < -0.3 is 9.88 Å². The average Bonchev–Trinajstić information content (AvgIpc) is 2.90. The molecule has 1 heterocycles. The number of hydrogen-bond acceptors (Lipinski definition) is 2. The molecule has 1 aliphatic rings. The minimum atomic E-state index is -0.0151. The van der Waals surface area contributed by atoms with E-state index in [1.54, 1.807) is 0 Å². The van der Waals surface area contributed by atoms with Gasteiger partial charge in [0.05, 0.1) is 0 Å². The summed E-state index contributed by atoms with van der Waals surface area (Å²) in [4.78, 5) is 23.9. The molecule has 2 atom stereocenters.